The highest BCUT2D eigenvalue weighted by atomic mass is 16.1. The van der Waals surface area contributed by atoms with E-state index < -0.39 is 5.91 Å². The minimum atomic E-state index is -0.544. The van der Waals surface area contributed by atoms with Gasteiger partial charge in [-0.05, 0) is 43.2 Å². The van der Waals surface area contributed by atoms with Crippen molar-refractivity contribution < 1.29 is 4.79 Å². The number of rotatable bonds is 2. The SMILES string of the molecule is NC(=O)c1nc2n(n1)C(C1CCc3ccccc3NC1)CCC2. The summed E-state index contributed by atoms with van der Waals surface area (Å²) in [5, 5.41) is 7.97. The monoisotopic (exact) mass is 311 g/mol. The maximum atomic E-state index is 11.4. The smallest absolute Gasteiger partial charge is 0.288 e. The van der Waals surface area contributed by atoms with Crippen LogP contribution in [0.2, 0.25) is 0 Å². The number of aryl methyl sites for hydroxylation is 2. The molecule has 1 aromatic carbocycles. The number of anilines is 1. The Labute approximate surface area is 135 Å². The lowest BCUT2D eigenvalue weighted by Crippen LogP contribution is -2.30. The van der Waals surface area contributed by atoms with Crippen molar-refractivity contribution in [2.75, 3.05) is 11.9 Å². The van der Waals surface area contributed by atoms with E-state index in [1.807, 2.05) is 4.68 Å². The van der Waals surface area contributed by atoms with Gasteiger partial charge in [0.15, 0.2) is 0 Å². The van der Waals surface area contributed by atoms with Crippen LogP contribution in [0.1, 0.15) is 47.3 Å². The van der Waals surface area contributed by atoms with Crippen LogP contribution < -0.4 is 11.1 Å². The van der Waals surface area contributed by atoms with Crippen LogP contribution in [0.25, 0.3) is 0 Å². The van der Waals surface area contributed by atoms with E-state index >= 15 is 0 Å². The van der Waals surface area contributed by atoms with Crippen LogP contribution in [0, 0.1) is 5.92 Å². The fraction of sp³-hybridized carbons (Fsp3) is 0.471. The standard InChI is InChI=1S/C17H21N5O/c18-16(23)17-20-15-7-3-6-14(22(15)21-17)12-9-8-11-4-1-2-5-13(11)19-10-12/h1-2,4-5,12,14,19H,3,6-10H2,(H2,18,23). The minimum Gasteiger partial charge on any atom is -0.384 e. The predicted molar refractivity (Wildman–Crippen MR) is 87.3 cm³/mol. The number of carbonyl (C=O) groups is 1. The summed E-state index contributed by atoms with van der Waals surface area (Å²) in [5.41, 5.74) is 7.96. The average molecular weight is 311 g/mol. The Hall–Kier alpha value is -2.37. The molecule has 23 heavy (non-hydrogen) atoms. The molecule has 1 amide bonds. The lowest BCUT2D eigenvalue weighted by molar-refractivity contribution is 0.0989. The number of primary amides is 1. The molecule has 2 aliphatic heterocycles. The lowest BCUT2D eigenvalue weighted by Gasteiger charge is -2.30. The van der Waals surface area contributed by atoms with Gasteiger partial charge < -0.3 is 11.1 Å². The summed E-state index contributed by atoms with van der Waals surface area (Å²) in [6.07, 6.45) is 5.22. The van der Waals surface area contributed by atoms with Crippen molar-refractivity contribution in [3.05, 3.63) is 41.5 Å². The highest BCUT2D eigenvalue weighted by molar-refractivity contribution is 5.88. The molecule has 120 valence electrons. The van der Waals surface area contributed by atoms with Gasteiger partial charge in [-0.15, -0.1) is 5.10 Å². The zero-order chi connectivity index (χ0) is 15.8. The van der Waals surface area contributed by atoms with Gasteiger partial charge in [-0.25, -0.2) is 9.67 Å². The molecular weight excluding hydrogens is 290 g/mol. The van der Waals surface area contributed by atoms with Crippen LogP contribution in [-0.2, 0) is 12.8 Å². The van der Waals surface area contributed by atoms with Gasteiger partial charge >= 0.3 is 0 Å². The number of hydrogen-bond donors (Lipinski definition) is 2. The zero-order valence-corrected chi connectivity index (χ0v) is 13.0. The van der Waals surface area contributed by atoms with E-state index in [-0.39, 0.29) is 5.82 Å². The highest BCUT2D eigenvalue weighted by Gasteiger charge is 2.31. The van der Waals surface area contributed by atoms with Crippen molar-refractivity contribution in [1.29, 1.82) is 0 Å². The second-order valence-electron chi connectivity index (χ2n) is 6.46. The first-order valence-electron chi connectivity index (χ1n) is 8.29. The van der Waals surface area contributed by atoms with Crippen molar-refractivity contribution in [3.63, 3.8) is 0 Å². The summed E-state index contributed by atoms with van der Waals surface area (Å²) >= 11 is 0. The number of carbonyl (C=O) groups excluding carboxylic acids is 1. The van der Waals surface area contributed by atoms with E-state index in [0.717, 1.165) is 44.5 Å². The third-order valence-electron chi connectivity index (χ3n) is 5.04. The van der Waals surface area contributed by atoms with E-state index in [2.05, 4.69) is 39.7 Å². The normalized spacial score (nSPS) is 23.3. The van der Waals surface area contributed by atoms with E-state index in [1.165, 1.54) is 11.3 Å². The zero-order valence-electron chi connectivity index (χ0n) is 13.0. The molecule has 0 radical (unpaired) electrons. The number of aromatic nitrogens is 3. The first kappa shape index (κ1) is 14.2. The Kier molecular flexibility index (Phi) is 3.52. The first-order chi connectivity index (χ1) is 11.2. The molecule has 3 N–H and O–H groups in total. The predicted octanol–water partition coefficient (Wildman–Crippen LogP) is 1.93. The third-order valence-corrected chi connectivity index (χ3v) is 5.04. The van der Waals surface area contributed by atoms with Gasteiger partial charge in [0.2, 0.25) is 5.82 Å². The molecule has 0 bridgehead atoms. The van der Waals surface area contributed by atoms with E-state index in [4.69, 9.17) is 5.73 Å². The third kappa shape index (κ3) is 2.58. The molecule has 3 heterocycles. The molecule has 0 spiro atoms. The second kappa shape index (κ2) is 5.68. The van der Waals surface area contributed by atoms with Gasteiger partial charge in [0.1, 0.15) is 5.82 Å². The van der Waals surface area contributed by atoms with Gasteiger partial charge in [0.05, 0.1) is 6.04 Å². The fourth-order valence-electron chi connectivity index (χ4n) is 3.85. The second-order valence-corrected chi connectivity index (χ2v) is 6.46. The Morgan fingerprint density at radius 3 is 3.00 bits per heavy atom. The summed E-state index contributed by atoms with van der Waals surface area (Å²) in [7, 11) is 0. The molecule has 0 aliphatic carbocycles. The Morgan fingerprint density at radius 2 is 2.13 bits per heavy atom. The number of benzene rings is 1. The Bertz CT molecular complexity index is 711. The summed E-state index contributed by atoms with van der Waals surface area (Å²) < 4.78 is 1.96. The molecule has 4 rings (SSSR count). The number of nitrogens with two attached hydrogens (primary N) is 1. The number of hydrogen-bond acceptors (Lipinski definition) is 4. The molecule has 1 aromatic heterocycles. The molecule has 0 fully saturated rings. The molecular formula is C17H21N5O. The van der Waals surface area contributed by atoms with Gasteiger partial charge in [0.25, 0.3) is 5.91 Å². The molecule has 2 aromatic rings. The van der Waals surface area contributed by atoms with Gasteiger partial charge in [-0.3, -0.25) is 4.79 Å². The van der Waals surface area contributed by atoms with E-state index in [9.17, 15) is 4.79 Å². The number of nitrogens with zero attached hydrogens (tertiary/aromatic N) is 3. The number of fused-ring (bicyclic) bond motifs is 2. The quantitative estimate of drug-likeness (QED) is 0.887. The van der Waals surface area contributed by atoms with Gasteiger partial charge in [0, 0.05) is 18.7 Å². The molecule has 6 nitrogen and oxygen atoms in total. The van der Waals surface area contributed by atoms with Crippen molar-refractivity contribution in [2.24, 2.45) is 11.7 Å². The fourth-order valence-corrected chi connectivity index (χ4v) is 3.85. The lowest BCUT2D eigenvalue weighted by atomic mass is 9.88. The van der Waals surface area contributed by atoms with Crippen LogP contribution in [0.5, 0.6) is 0 Å². The van der Waals surface area contributed by atoms with E-state index in [1.54, 1.807) is 0 Å². The first-order valence-corrected chi connectivity index (χ1v) is 8.29. The summed E-state index contributed by atoms with van der Waals surface area (Å²) in [6.45, 7) is 0.923. The maximum absolute atomic E-state index is 11.4. The largest absolute Gasteiger partial charge is 0.384 e. The molecule has 6 heteroatoms. The van der Waals surface area contributed by atoms with Crippen molar-refractivity contribution in [2.45, 2.75) is 38.1 Å². The van der Waals surface area contributed by atoms with Crippen molar-refractivity contribution in [3.8, 4) is 0 Å². The molecule has 2 unspecified atom stereocenters. The van der Waals surface area contributed by atoms with Crippen LogP contribution >= 0.6 is 0 Å². The van der Waals surface area contributed by atoms with Crippen molar-refractivity contribution in [1.82, 2.24) is 14.8 Å². The molecule has 2 atom stereocenters. The maximum Gasteiger partial charge on any atom is 0.288 e. The highest BCUT2D eigenvalue weighted by Crippen LogP contribution is 2.35. The van der Waals surface area contributed by atoms with Crippen LogP contribution in [0.15, 0.2) is 24.3 Å². The molecule has 2 aliphatic rings. The van der Waals surface area contributed by atoms with Crippen LogP contribution in [0.3, 0.4) is 0 Å². The molecule has 0 saturated heterocycles. The molecule has 0 saturated carbocycles. The van der Waals surface area contributed by atoms with Gasteiger partial charge in [-0.1, -0.05) is 18.2 Å². The number of amides is 1. The minimum absolute atomic E-state index is 0.150. The summed E-state index contributed by atoms with van der Waals surface area (Å²) in [5.74, 6) is 0.981. The topological polar surface area (TPSA) is 85.8 Å². The summed E-state index contributed by atoms with van der Waals surface area (Å²) in [4.78, 5) is 15.7. The van der Waals surface area contributed by atoms with E-state index in [0.29, 0.717) is 12.0 Å². The van der Waals surface area contributed by atoms with Gasteiger partial charge in [-0.2, -0.15) is 0 Å². The number of nitrogens with one attached hydrogen (secondary N) is 1. The van der Waals surface area contributed by atoms with Crippen molar-refractivity contribution >= 4 is 11.6 Å². The van der Waals surface area contributed by atoms with Crippen LogP contribution in [0.4, 0.5) is 5.69 Å². The Morgan fingerprint density at radius 1 is 1.26 bits per heavy atom. The number of para-hydroxylation sites is 1. The Balaban J connectivity index is 1.59. The summed E-state index contributed by atoms with van der Waals surface area (Å²) in [6, 6.07) is 8.79. The average Bonchev–Trinajstić information content (AvgIpc) is 2.89. The van der Waals surface area contributed by atoms with Crippen LogP contribution in [-0.4, -0.2) is 27.2 Å².